The molecule has 98 valence electrons. The molecule has 0 saturated carbocycles. The number of carbonyl (C=O) groups excluding carboxylic acids is 1. The summed E-state index contributed by atoms with van der Waals surface area (Å²) >= 11 is 3.37. The lowest BCUT2D eigenvalue weighted by Gasteiger charge is -2.30. The number of carbonyl (C=O) groups is 1. The number of fused-ring (bicyclic) bond motifs is 4. The van der Waals surface area contributed by atoms with Crippen molar-refractivity contribution in [1.29, 1.82) is 0 Å². The molecule has 0 aliphatic carbocycles. The van der Waals surface area contributed by atoms with Crippen LogP contribution in [-0.2, 0) is 14.3 Å². The van der Waals surface area contributed by atoms with Gasteiger partial charge in [0.25, 0.3) is 5.91 Å². The molecule has 1 amide bonds. The van der Waals surface area contributed by atoms with Gasteiger partial charge in [-0.05, 0) is 0 Å². The van der Waals surface area contributed by atoms with Crippen molar-refractivity contribution in [2.24, 2.45) is 16.8 Å². The molecule has 0 aromatic carbocycles. The molecular formula is C12H13BrFNO3. The normalized spacial score (nSPS) is 46.2. The van der Waals surface area contributed by atoms with Gasteiger partial charge in [-0.15, -0.1) is 0 Å². The van der Waals surface area contributed by atoms with E-state index in [1.807, 2.05) is 6.92 Å². The Balaban J connectivity index is 2.00. The monoisotopic (exact) mass is 317 g/mol. The van der Waals surface area contributed by atoms with E-state index in [4.69, 9.17) is 9.47 Å². The van der Waals surface area contributed by atoms with Gasteiger partial charge in [0, 0.05) is 17.3 Å². The molecule has 3 rings (SSSR count). The molecule has 3 aliphatic heterocycles. The molecular weight excluding hydrogens is 305 g/mol. The molecule has 1 unspecified atom stereocenters. The lowest BCUT2D eigenvalue weighted by atomic mass is 9.85. The standard InChI is InChI=1S/C12H13BrFNO3/c1-6-9(14)10-7-2-3-8(16)15-11(7)17-5-12(6,4-13)18-10/h2-3,6-7,9-10H,4-5H2,1H3/t6-,7?,9+,10-,12+/m0/s1. The molecule has 0 radical (unpaired) electrons. The van der Waals surface area contributed by atoms with E-state index < -0.39 is 23.8 Å². The van der Waals surface area contributed by atoms with Gasteiger partial charge in [-0.3, -0.25) is 4.79 Å². The summed E-state index contributed by atoms with van der Waals surface area (Å²) in [4.78, 5) is 15.0. The summed E-state index contributed by atoms with van der Waals surface area (Å²) in [5.74, 6) is -0.738. The molecule has 6 heteroatoms. The van der Waals surface area contributed by atoms with Gasteiger partial charge < -0.3 is 9.47 Å². The number of alkyl halides is 2. The van der Waals surface area contributed by atoms with Crippen LogP contribution in [0.4, 0.5) is 4.39 Å². The van der Waals surface area contributed by atoms with E-state index in [1.165, 1.54) is 6.08 Å². The minimum atomic E-state index is -1.08. The minimum Gasteiger partial charge on any atom is -0.477 e. The van der Waals surface area contributed by atoms with E-state index in [0.717, 1.165) is 0 Å². The second kappa shape index (κ2) is 4.13. The first-order valence-corrected chi connectivity index (χ1v) is 7.01. The largest absolute Gasteiger partial charge is 0.477 e. The number of rotatable bonds is 1. The first kappa shape index (κ1) is 12.3. The molecule has 0 spiro atoms. The Labute approximate surface area is 112 Å². The summed E-state index contributed by atoms with van der Waals surface area (Å²) in [6.45, 7) is 2.04. The average molecular weight is 318 g/mol. The Morgan fingerprint density at radius 1 is 1.67 bits per heavy atom. The van der Waals surface area contributed by atoms with Crippen LogP contribution < -0.4 is 0 Å². The molecule has 2 saturated heterocycles. The van der Waals surface area contributed by atoms with Crippen molar-refractivity contribution in [2.75, 3.05) is 11.9 Å². The molecule has 2 bridgehead atoms. The number of halogens is 2. The molecule has 18 heavy (non-hydrogen) atoms. The Kier molecular flexibility index (Phi) is 2.82. The van der Waals surface area contributed by atoms with Crippen molar-refractivity contribution in [3.05, 3.63) is 12.2 Å². The van der Waals surface area contributed by atoms with Crippen LogP contribution in [0.3, 0.4) is 0 Å². The highest BCUT2D eigenvalue weighted by atomic mass is 79.9. The SMILES string of the molecule is C[C@H]1[C@@H](F)[C@H]2O[C@]1(CBr)COC1=NC(=O)C=CC12. The fourth-order valence-corrected chi connectivity index (χ4v) is 3.51. The van der Waals surface area contributed by atoms with E-state index >= 15 is 0 Å². The van der Waals surface area contributed by atoms with Gasteiger partial charge in [-0.25, -0.2) is 4.39 Å². The zero-order valence-corrected chi connectivity index (χ0v) is 11.4. The third-order valence-electron chi connectivity index (χ3n) is 3.99. The van der Waals surface area contributed by atoms with Gasteiger partial charge >= 0.3 is 0 Å². The molecule has 0 aromatic rings. The number of nitrogens with zero attached hydrogens (tertiary/aromatic N) is 1. The van der Waals surface area contributed by atoms with Crippen LogP contribution >= 0.6 is 15.9 Å². The topological polar surface area (TPSA) is 47.9 Å². The Morgan fingerprint density at radius 3 is 3.17 bits per heavy atom. The number of dihydropyridines is 1. The fraction of sp³-hybridized carbons (Fsp3) is 0.667. The lowest BCUT2D eigenvalue weighted by molar-refractivity contribution is -0.113. The van der Waals surface area contributed by atoms with E-state index in [2.05, 4.69) is 20.9 Å². The predicted octanol–water partition coefficient (Wildman–Crippen LogP) is 1.63. The van der Waals surface area contributed by atoms with Crippen LogP contribution in [0.1, 0.15) is 6.92 Å². The summed E-state index contributed by atoms with van der Waals surface area (Å²) in [6.07, 6.45) is 1.27. The zero-order chi connectivity index (χ0) is 12.9. The summed E-state index contributed by atoms with van der Waals surface area (Å²) in [7, 11) is 0. The maximum atomic E-state index is 14.4. The molecule has 2 fully saturated rings. The van der Waals surface area contributed by atoms with Gasteiger partial charge in [0.15, 0.2) is 0 Å². The quantitative estimate of drug-likeness (QED) is 0.691. The molecule has 3 aliphatic rings. The lowest BCUT2D eigenvalue weighted by Crippen LogP contribution is -2.44. The molecule has 4 nitrogen and oxygen atoms in total. The van der Waals surface area contributed by atoms with Crippen LogP contribution in [0.5, 0.6) is 0 Å². The number of ether oxygens (including phenoxy) is 2. The summed E-state index contributed by atoms with van der Waals surface area (Å²) in [5.41, 5.74) is -0.680. The molecule has 0 N–H and O–H groups in total. The van der Waals surface area contributed by atoms with Gasteiger partial charge in [0.1, 0.15) is 24.5 Å². The highest BCUT2D eigenvalue weighted by molar-refractivity contribution is 9.09. The Morgan fingerprint density at radius 2 is 2.44 bits per heavy atom. The summed E-state index contributed by atoms with van der Waals surface area (Å²) in [6, 6.07) is 0. The maximum Gasteiger partial charge on any atom is 0.272 e. The van der Waals surface area contributed by atoms with Crippen LogP contribution in [0, 0.1) is 11.8 Å². The predicted molar refractivity (Wildman–Crippen MR) is 66.5 cm³/mol. The van der Waals surface area contributed by atoms with Crippen molar-refractivity contribution in [1.82, 2.24) is 0 Å². The Hall–Kier alpha value is -0.750. The first-order valence-electron chi connectivity index (χ1n) is 5.89. The van der Waals surface area contributed by atoms with Crippen LogP contribution in [0.2, 0.25) is 0 Å². The summed E-state index contributed by atoms with van der Waals surface area (Å²) < 4.78 is 25.9. The molecule has 0 aromatic heterocycles. The first-order chi connectivity index (χ1) is 8.57. The highest BCUT2D eigenvalue weighted by Crippen LogP contribution is 2.45. The van der Waals surface area contributed by atoms with Crippen LogP contribution in [-0.4, -0.2) is 41.6 Å². The molecule has 3 heterocycles. The Bertz CT molecular complexity index is 453. The van der Waals surface area contributed by atoms with Crippen molar-refractivity contribution in [2.45, 2.75) is 24.8 Å². The fourth-order valence-electron chi connectivity index (χ4n) is 2.71. The maximum absolute atomic E-state index is 14.4. The number of aliphatic imine (C=N–C) groups is 1. The van der Waals surface area contributed by atoms with Crippen molar-refractivity contribution < 1.29 is 18.7 Å². The smallest absolute Gasteiger partial charge is 0.272 e. The third kappa shape index (κ3) is 1.58. The summed E-state index contributed by atoms with van der Waals surface area (Å²) in [5, 5.41) is 0.496. The minimum absolute atomic E-state index is 0.215. The van der Waals surface area contributed by atoms with E-state index in [9.17, 15) is 9.18 Å². The van der Waals surface area contributed by atoms with E-state index in [0.29, 0.717) is 5.33 Å². The van der Waals surface area contributed by atoms with Gasteiger partial charge in [0.05, 0.1) is 5.92 Å². The van der Waals surface area contributed by atoms with E-state index in [-0.39, 0.29) is 24.3 Å². The second-order valence-corrected chi connectivity index (χ2v) is 5.54. The van der Waals surface area contributed by atoms with Crippen molar-refractivity contribution >= 4 is 27.7 Å². The highest BCUT2D eigenvalue weighted by Gasteiger charge is 2.58. The number of amides is 1. The van der Waals surface area contributed by atoms with Crippen LogP contribution in [0.15, 0.2) is 17.1 Å². The number of hydrogen-bond acceptors (Lipinski definition) is 3. The van der Waals surface area contributed by atoms with Gasteiger partial charge in [-0.1, -0.05) is 28.9 Å². The second-order valence-electron chi connectivity index (χ2n) is 4.98. The van der Waals surface area contributed by atoms with Gasteiger partial charge in [-0.2, -0.15) is 4.99 Å². The third-order valence-corrected chi connectivity index (χ3v) is 4.94. The average Bonchev–Trinajstić information content (AvgIpc) is 2.54. The molecule has 5 atom stereocenters. The van der Waals surface area contributed by atoms with Gasteiger partial charge in [0.2, 0.25) is 5.90 Å². The van der Waals surface area contributed by atoms with Crippen molar-refractivity contribution in [3.63, 3.8) is 0 Å². The number of hydrogen-bond donors (Lipinski definition) is 0. The van der Waals surface area contributed by atoms with Crippen LogP contribution in [0.25, 0.3) is 0 Å². The van der Waals surface area contributed by atoms with E-state index in [1.54, 1.807) is 6.08 Å². The zero-order valence-electron chi connectivity index (χ0n) is 9.81. The van der Waals surface area contributed by atoms with Crippen molar-refractivity contribution in [3.8, 4) is 0 Å².